The molecule has 7 heteroatoms. The molecule has 37 heavy (non-hydrogen) atoms. The fraction of sp³-hybridized carbons (Fsp3) is 0.500. The van der Waals surface area contributed by atoms with Gasteiger partial charge in [0.25, 0.3) is 0 Å². The van der Waals surface area contributed by atoms with Gasteiger partial charge < -0.3 is 19.9 Å². The van der Waals surface area contributed by atoms with E-state index in [0.29, 0.717) is 26.1 Å². The number of nitrogens with zero attached hydrogens (tertiary/aromatic N) is 2. The average Bonchev–Trinajstić information content (AvgIpc) is 3.31. The second kappa shape index (κ2) is 11.8. The van der Waals surface area contributed by atoms with Gasteiger partial charge >= 0.3 is 6.09 Å². The second-order valence-corrected chi connectivity index (χ2v) is 11.8. The molecule has 1 N–H and O–H groups in total. The first-order valence-corrected chi connectivity index (χ1v) is 13.0. The highest BCUT2D eigenvalue weighted by Gasteiger charge is 2.43. The summed E-state index contributed by atoms with van der Waals surface area (Å²) in [4.78, 5) is 43.9. The van der Waals surface area contributed by atoms with Crippen LogP contribution in [0.1, 0.15) is 65.5 Å². The number of carbonyl (C=O) groups excluding carboxylic acids is 3. The zero-order valence-corrected chi connectivity index (χ0v) is 23.0. The van der Waals surface area contributed by atoms with E-state index in [1.54, 1.807) is 25.7 Å². The molecule has 1 heterocycles. The Kier molecular flexibility index (Phi) is 9.00. The standard InChI is InChI=1S/C30H41N3O4/c1-29(2,3)25(31-28(36)37-30(4,5)6)27(35)33-19-13-18-24(33)26(34)32(20-22-14-9-7-10-15-22)21-23-16-11-8-12-17-23/h7-12,14-17,24-25H,13,18-21H2,1-6H3,(H,31,36)/t24-,25?/m0/s1. The maximum absolute atomic E-state index is 14.0. The summed E-state index contributed by atoms with van der Waals surface area (Å²) in [6.07, 6.45) is 0.682. The first-order chi connectivity index (χ1) is 17.3. The quantitative estimate of drug-likeness (QED) is 0.562. The van der Waals surface area contributed by atoms with E-state index < -0.39 is 29.2 Å². The smallest absolute Gasteiger partial charge is 0.408 e. The highest BCUT2D eigenvalue weighted by Crippen LogP contribution is 2.28. The molecule has 1 aliphatic heterocycles. The summed E-state index contributed by atoms with van der Waals surface area (Å²) >= 11 is 0. The third-order valence-electron chi connectivity index (χ3n) is 6.34. The Bertz CT molecular complexity index is 1020. The molecule has 7 nitrogen and oxygen atoms in total. The molecule has 0 bridgehead atoms. The van der Waals surface area contributed by atoms with Gasteiger partial charge in [0.1, 0.15) is 17.7 Å². The molecule has 1 aliphatic rings. The molecular formula is C30H41N3O4. The van der Waals surface area contributed by atoms with Crippen molar-refractivity contribution >= 4 is 17.9 Å². The Morgan fingerprint density at radius 2 is 1.43 bits per heavy atom. The van der Waals surface area contributed by atoms with Gasteiger partial charge in [0.15, 0.2) is 0 Å². The fourth-order valence-electron chi connectivity index (χ4n) is 4.56. The average molecular weight is 508 g/mol. The summed E-state index contributed by atoms with van der Waals surface area (Å²) in [5.41, 5.74) is 0.804. The summed E-state index contributed by atoms with van der Waals surface area (Å²) in [5, 5.41) is 2.78. The van der Waals surface area contributed by atoms with Gasteiger partial charge in [0.2, 0.25) is 11.8 Å². The lowest BCUT2D eigenvalue weighted by molar-refractivity contribution is -0.147. The van der Waals surface area contributed by atoms with Crippen molar-refractivity contribution in [2.75, 3.05) is 6.54 Å². The second-order valence-electron chi connectivity index (χ2n) is 11.8. The van der Waals surface area contributed by atoms with Crippen LogP contribution >= 0.6 is 0 Å². The minimum absolute atomic E-state index is 0.0801. The number of hydrogen-bond acceptors (Lipinski definition) is 4. The number of likely N-dealkylation sites (tertiary alicyclic amines) is 1. The SMILES string of the molecule is CC(C)(C)OC(=O)NC(C(=O)N1CCC[C@H]1C(=O)N(Cc1ccccc1)Cc1ccccc1)C(C)(C)C. The van der Waals surface area contributed by atoms with Crippen molar-refractivity contribution in [2.45, 2.75) is 85.2 Å². The van der Waals surface area contributed by atoms with Gasteiger partial charge in [0, 0.05) is 19.6 Å². The Balaban J connectivity index is 1.83. The van der Waals surface area contributed by atoms with Crippen LogP contribution in [0.3, 0.4) is 0 Å². The molecule has 0 saturated carbocycles. The Morgan fingerprint density at radius 1 is 0.919 bits per heavy atom. The molecule has 0 spiro atoms. The lowest BCUT2D eigenvalue weighted by Crippen LogP contribution is -2.58. The van der Waals surface area contributed by atoms with Crippen molar-refractivity contribution in [1.29, 1.82) is 0 Å². The molecule has 0 aromatic heterocycles. The molecule has 2 aromatic rings. The summed E-state index contributed by atoms with van der Waals surface area (Å²) in [7, 11) is 0. The van der Waals surface area contributed by atoms with E-state index in [0.717, 1.165) is 17.5 Å². The number of nitrogens with one attached hydrogen (secondary N) is 1. The van der Waals surface area contributed by atoms with Crippen molar-refractivity contribution < 1.29 is 19.1 Å². The van der Waals surface area contributed by atoms with Crippen molar-refractivity contribution in [2.24, 2.45) is 5.41 Å². The van der Waals surface area contributed by atoms with Crippen LogP contribution in [-0.2, 0) is 27.4 Å². The van der Waals surface area contributed by atoms with E-state index in [9.17, 15) is 14.4 Å². The zero-order valence-electron chi connectivity index (χ0n) is 23.0. The maximum Gasteiger partial charge on any atom is 0.408 e. The van der Waals surface area contributed by atoms with Gasteiger partial charge in [-0.3, -0.25) is 9.59 Å². The normalized spacial score (nSPS) is 16.7. The molecule has 2 atom stereocenters. The van der Waals surface area contributed by atoms with Crippen molar-refractivity contribution in [3.63, 3.8) is 0 Å². The highest BCUT2D eigenvalue weighted by molar-refractivity contribution is 5.92. The van der Waals surface area contributed by atoms with Crippen LogP contribution in [0.15, 0.2) is 60.7 Å². The predicted octanol–water partition coefficient (Wildman–Crippen LogP) is 5.15. The van der Waals surface area contributed by atoms with E-state index in [1.165, 1.54) is 0 Å². The van der Waals surface area contributed by atoms with Gasteiger partial charge in [0.05, 0.1) is 0 Å². The zero-order chi connectivity index (χ0) is 27.2. The fourth-order valence-corrected chi connectivity index (χ4v) is 4.56. The summed E-state index contributed by atoms with van der Waals surface area (Å²) in [5.74, 6) is -0.336. The van der Waals surface area contributed by atoms with Crippen molar-refractivity contribution in [1.82, 2.24) is 15.1 Å². The van der Waals surface area contributed by atoms with E-state index >= 15 is 0 Å². The van der Waals surface area contributed by atoms with E-state index in [4.69, 9.17) is 4.74 Å². The van der Waals surface area contributed by atoms with Crippen LogP contribution in [0.5, 0.6) is 0 Å². The molecule has 1 saturated heterocycles. The van der Waals surface area contributed by atoms with Crippen LogP contribution in [0.2, 0.25) is 0 Å². The Morgan fingerprint density at radius 3 is 1.89 bits per heavy atom. The monoisotopic (exact) mass is 507 g/mol. The summed E-state index contributed by atoms with van der Waals surface area (Å²) in [6.45, 7) is 12.4. The summed E-state index contributed by atoms with van der Waals surface area (Å²) < 4.78 is 5.43. The van der Waals surface area contributed by atoms with Gasteiger partial charge in [-0.05, 0) is 50.2 Å². The highest BCUT2D eigenvalue weighted by atomic mass is 16.6. The Labute approximate surface area is 221 Å². The van der Waals surface area contributed by atoms with Crippen LogP contribution in [0.4, 0.5) is 4.79 Å². The molecule has 2 aromatic carbocycles. The third kappa shape index (κ3) is 8.07. The topological polar surface area (TPSA) is 79.0 Å². The molecule has 3 amide bonds. The molecular weight excluding hydrogens is 466 g/mol. The summed E-state index contributed by atoms with van der Waals surface area (Å²) in [6, 6.07) is 18.4. The van der Waals surface area contributed by atoms with Crippen LogP contribution in [0.25, 0.3) is 0 Å². The lowest BCUT2D eigenvalue weighted by Gasteiger charge is -2.37. The third-order valence-corrected chi connectivity index (χ3v) is 6.34. The lowest BCUT2D eigenvalue weighted by atomic mass is 9.85. The number of hydrogen-bond donors (Lipinski definition) is 1. The first-order valence-electron chi connectivity index (χ1n) is 13.0. The molecule has 200 valence electrons. The van der Waals surface area contributed by atoms with Gasteiger partial charge in [-0.25, -0.2) is 4.79 Å². The molecule has 1 fully saturated rings. The van der Waals surface area contributed by atoms with Gasteiger partial charge in [-0.15, -0.1) is 0 Å². The van der Waals surface area contributed by atoms with E-state index in [-0.39, 0.29) is 11.8 Å². The van der Waals surface area contributed by atoms with E-state index in [1.807, 2.05) is 86.3 Å². The van der Waals surface area contributed by atoms with Gasteiger partial charge in [-0.1, -0.05) is 81.4 Å². The first kappa shape index (κ1) is 28.2. The molecule has 3 rings (SSSR count). The predicted molar refractivity (Wildman–Crippen MR) is 144 cm³/mol. The molecule has 0 aliphatic carbocycles. The van der Waals surface area contributed by atoms with Crippen LogP contribution in [-0.4, -0.2) is 51.9 Å². The minimum atomic E-state index is -0.826. The van der Waals surface area contributed by atoms with Crippen molar-refractivity contribution in [3.05, 3.63) is 71.8 Å². The van der Waals surface area contributed by atoms with Gasteiger partial charge in [-0.2, -0.15) is 0 Å². The maximum atomic E-state index is 14.0. The number of amides is 3. The number of ether oxygens (including phenoxy) is 1. The number of rotatable bonds is 7. The number of alkyl carbamates (subject to hydrolysis) is 1. The Hall–Kier alpha value is -3.35. The van der Waals surface area contributed by atoms with Crippen LogP contribution < -0.4 is 5.32 Å². The largest absolute Gasteiger partial charge is 0.444 e. The van der Waals surface area contributed by atoms with Crippen molar-refractivity contribution in [3.8, 4) is 0 Å². The molecule has 1 unspecified atom stereocenters. The number of benzene rings is 2. The number of carbonyl (C=O) groups is 3. The van der Waals surface area contributed by atoms with Crippen LogP contribution in [0, 0.1) is 5.41 Å². The van der Waals surface area contributed by atoms with E-state index in [2.05, 4.69) is 5.32 Å². The molecule has 0 radical (unpaired) electrons. The minimum Gasteiger partial charge on any atom is -0.444 e.